The number of para-hydroxylation sites is 4. The standard InChI is InChI=1S/C62H50N4/c1-3-5-19-41-29-31-49-55(37-41)65-57-39-52-48-34-36-54(64(45-25-15-9-16-26-45)46-27-17-10-18-28-46)60-50-32-30-42(20-6-4-2)38-56(50)66(62(48)60)58(52)40-51(57)47-33-35-53(59(49)61(47)65)63(43-21-11-7-12-22-43)44-23-13-8-14-24-44/h7-18,21-40H,3-6,19-20H2,1-2H3. The van der Waals surface area contributed by atoms with Gasteiger partial charge in [-0.2, -0.15) is 0 Å². The van der Waals surface area contributed by atoms with E-state index in [9.17, 15) is 0 Å². The van der Waals surface area contributed by atoms with Crippen LogP contribution in [0.4, 0.5) is 34.1 Å². The van der Waals surface area contributed by atoms with Gasteiger partial charge >= 0.3 is 0 Å². The fraction of sp³-hybridized carbons (Fsp3) is 0.129. The molecule has 0 radical (unpaired) electrons. The van der Waals surface area contributed by atoms with Crippen LogP contribution in [0.1, 0.15) is 50.7 Å². The van der Waals surface area contributed by atoms with Crippen molar-refractivity contribution in [1.29, 1.82) is 0 Å². The highest BCUT2D eigenvalue weighted by atomic mass is 15.2. The third-order valence-electron chi connectivity index (χ3n) is 14.3. The van der Waals surface area contributed by atoms with Crippen LogP contribution in [-0.2, 0) is 12.8 Å². The Kier molecular flexibility index (Phi) is 9.02. The van der Waals surface area contributed by atoms with Gasteiger partial charge in [0.2, 0.25) is 0 Å². The minimum absolute atomic E-state index is 1.07. The van der Waals surface area contributed by atoms with Crippen LogP contribution in [0.3, 0.4) is 0 Å². The number of aromatic nitrogens is 2. The first-order valence-corrected chi connectivity index (χ1v) is 23.9. The molecule has 318 valence electrons. The molecule has 0 aliphatic carbocycles. The van der Waals surface area contributed by atoms with Crippen LogP contribution in [0.25, 0.3) is 76.2 Å². The maximum atomic E-state index is 2.61. The summed E-state index contributed by atoms with van der Waals surface area (Å²) < 4.78 is 5.21. The monoisotopic (exact) mass is 850 g/mol. The molecule has 0 amide bonds. The van der Waals surface area contributed by atoms with Crippen molar-refractivity contribution in [1.82, 2.24) is 8.80 Å². The number of fused-ring (bicyclic) bond motifs is 12. The molecule has 0 spiro atoms. The molecule has 66 heavy (non-hydrogen) atoms. The third kappa shape index (κ3) is 5.77. The van der Waals surface area contributed by atoms with E-state index in [1.807, 2.05) is 0 Å². The minimum Gasteiger partial charge on any atom is -0.310 e. The summed E-state index contributed by atoms with van der Waals surface area (Å²) in [6, 6.07) is 72.5. The van der Waals surface area contributed by atoms with Gasteiger partial charge in [0.25, 0.3) is 0 Å². The number of hydrogen-bond donors (Lipinski definition) is 0. The van der Waals surface area contributed by atoms with Gasteiger partial charge in [-0.05, 0) is 122 Å². The van der Waals surface area contributed by atoms with E-state index in [1.165, 1.54) is 124 Å². The Balaban J connectivity index is 1.15. The summed E-state index contributed by atoms with van der Waals surface area (Å²) in [5.41, 5.74) is 17.4. The first-order chi connectivity index (χ1) is 32.7. The molecule has 0 aliphatic heterocycles. The van der Waals surface area contributed by atoms with Gasteiger partial charge in [-0.1, -0.05) is 136 Å². The number of rotatable bonds is 12. The summed E-state index contributed by atoms with van der Waals surface area (Å²) in [5.74, 6) is 0. The van der Waals surface area contributed by atoms with E-state index in [0.717, 1.165) is 35.6 Å². The van der Waals surface area contributed by atoms with Crippen LogP contribution in [0.2, 0.25) is 0 Å². The number of benzene rings is 9. The lowest BCUT2D eigenvalue weighted by molar-refractivity contribution is 0.796. The minimum atomic E-state index is 1.07. The maximum Gasteiger partial charge on any atom is 0.0641 e. The van der Waals surface area contributed by atoms with Crippen molar-refractivity contribution in [3.63, 3.8) is 0 Å². The Bertz CT molecular complexity index is 3550. The van der Waals surface area contributed by atoms with E-state index < -0.39 is 0 Å². The number of anilines is 6. The van der Waals surface area contributed by atoms with E-state index in [0.29, 0.717) is 0 Å². The topological polar surface area (TPSA) is 15.3 Å². The lowest BCUT2D eigenvalue weighted by atomic mass is 10.0. The van der Waals surface area contributed by atoms with E-state index >= 15 is 0 Å². The zero-order chi connectivity index (χ0) is 43.9. The molecule has 4 nitrogen and oxygen atoms in total. The highest BCUT2D eigenvalue weighted by Crippen LogP contribution is 2.51. The second kappa shape index (κ2) is 15.4. The Morgan fingerprint density at radius 3 is 1.02 bits per heavy atom. The highest BCUT2D eigenvalue weighted by molar-refractivity contribution is 6.32. The molecule has 0 aliphatic rings. The molecule has 0 saturated heterocycles. The predicted molar refractivity (Wildman–Crippen MR) is 282 cm³/mol. The van der Waals surface area contributed by atoms with Crippen molar-refractivity contribution in [2.75, 3.05) is 9.80 Å². The van der Waals surface area contributed by atoms with Crippen molar-refractivity contribution in [2.45, 2.75) is 52.4 Å². The van der Waals surface area contributed by atoms with Gasteiger partial charge in [0.05, 0.1) is 44.5 Å². The molecule has 13 rings (SSSR count). The van der Waals surface area contributed by atoms with Gasteiger partial charge in [-0.3, -0.25) is 0 Å². The van der Waals surface area contributed by atoms with Crippen LogP contribution in [-0.4, -0.2) is 8.80 Å². The average Bonchev–Trinajstić information content (AvgIpc) is 4.10. The second-order valence-electron chi connectivity index (χ2n) is 18.2. The zero-order valence-electron chi connectivity index (χ0n) is 37.5. The molecular formula is C62H50N4. The lowest BCUT2D eigenvalue weighted by Gasteiger charge is -2.26. The molecule has 4 heteroatoms. The first kappa shape index (κ1) is 38.6. The highest BCUT2D eigenvalue weighted by Gasteiger charge is 2.28. The fourth-order valence-corrected chi connectivity index (χ4v) is 11.3. The number of aryl methyl sites for hydroxylation is 2. The van der Waals surface area contributed by atoms with Crippen molar-refractivity contribution in [3.05, 3.63) is 205 Å². The molecule has 13 aromatic rings. The van der Waals surface area contributed by atoms with Crippen molar-refractivity contribution in [3.8, 4) is 0 Å². The largest absolute Gasteiger partial charge is 0.310 e. The van der Waals surface area contributed by atoms with Crippen molar-refractivity contribution >= 4 is 110 Å². The normalized spacial score (nSPS) is 12.2. The molecule has 0 unspecified atom stereocenters. The van der Waals surface area contributed by atoms with Gasteiger partial charge in [0, 0.05) is 65.8 Å². The van der Waals surface area contributed by atoms with E-state index in [2.05, 4.69) is 227 Å². The fourth-order valence-electron chi connectivity index (χ4n) is 11.3. The summed E-state index contributed by atoms with van der Waals surface area (Å²) in [6.45, 7) is 4.58. The molecular weight excluding hydrogens is 801 g/mol. The summed E-state index contributed by atoms with van der Waals surface area (Å²) >= 11 is 0. The molecule has 4 aromatic heterocycles. The molecule has 0 bridgehead atoms. The third-order valence-corrected chi connectivity index (χ3v) is 14.3. The van der Waals surface area contributed by atoms with Crippen LogP contribution in [0.5, 0.6) is 0 Å². The Hall–Kier alpha value is -7.82. The van der Waals surface area contributed by atoms with Crippen LogP contribution in [0, 0.1) is 0 Å². The van der Waals surface area contributed by atoms with Crippen LogP contribution in [0.15, 0.2) is 194 Å². The SMILES string of the molecule is CCCCc1ccc2c3c(N(c4ccccc4)c4ccccc4)ccc4c5cc6c(cc5n(c2c1)c43)c1ccc(N(c2ccccc2)c2ccccc2)c2c3ccc(CCCC)cc3n6c12. The Morgan fingerprint density at radius 1 is 0.333 bits per heavy atom. The van der Waals surface area contributed by atoms with Crippen molar-refractivity contribution in [2.24, 2.45) is 0 Å². The van der Waals surface area contributed by atoms with Gasteiger partial charge < -0.3 is 18.6 Å². The summed E-state index contributed by atoms with van der Waals surface area (Å²) in [5, 5.41) is 10.3. The second-order valence-corrected chi connectivity index (χ2v) is 18.2. The molecule has 0 N–H and O–H groups in total. The Labute approximate surface area is 384 Å². The van der Waals surface area contributed by atoms with Gasteiger partial charge in [0.15, 0.2) is 0 Å². The van der Waals surface area contributed by atoms with E-state index in [4.69, 9.17) is 0 Å². The summed E-state index contributed by atoms with van der Waals surface area (Å²) in [6.07, 6.45) is 6.83. The zero-order valence-corrected chi connectivity index (χ0v) is 37.5. The number of nitrogens with zero attached hydrogens (tertiary/aromatic N) is 4. The predicted octanol–water partition coefficient (Wildman–Crippen LogP) is 17.6. The molecule has 0 saturated carbocycles. The number of hydrogen-bond acceptors (Lipinski definition) is 2. The van der Waals surface area contributed by atoms with E-state index in [1.54, 1.807) is 0 Å². The van der Waals surface area contributed by atoms with Gasteiger partial charge in [-0.15, -0.1) is 0 Å². The molecule has 0 fully saturated rings. The van der Waals surface area contributed by atoms with Gasteiger partial charge in [-0.25, -0.2) is 0 Å². The lowest BCUT2D eigenvalue weighted by Crippen LogP contribution is -2.10. The summed E-state index contributed by atoms with van der Waals surface area (Å²) in [4.78, 5) is 4.88. The maximum absolute atomic E-state index is 2.61. The molecule has 0 atom stereocenters. The first-order valence-electron chi connectivity index (χ1n) is 23.9. The van der Waals surface area contributed by atoms with Crippen LogP contribution < -0.4 is 9.80 Å². The van der Waals surface area contributed by atoms with E-state index in [-0.39, 0.29) is 0 Å². The average molecular weight is 851 g/mol. The molecule has 9 aromatic carbocycles. The van der Waals surface area contributed by atoms with Crippen molar-refractivity contribution < 1.29 is 0 Å². The quantitative estimate of drug-likeness (QED) is 0.122. The van der Waals surface area contributed by atoms with Gasteiger partial charge in [0.1, 0.15) is 0 Å². The Morgan fingerprint density at radius 2 is 0.667 bits per heavy atom. The van der Waals surface area contributed by atoms with Crippen LogP contribution >= 0.6 is 0 Å². The summed E-state index contributed by atoms with van der Waals surface area (Å²) in [7, 11) is 0. The molecule has 4 heterocycles. The number of unbranched alkanes of at least 4 members (excludes halogenated alkanes) is 2. The smallest absolute Gasteiger partial charge is 0.0641 e.